The molecule has 3 rings (SSSR count). The van der Waals surface area contributed by atoms with Crippen molar-refractivity contribution in [2.24, 2.45) is 0 Å². The number of aryl methyl sites for hydroxylation is 1. The van der Waals surface area contributed by atoms with E-state index in [1.165, 1.54) is 0 Å². The molecular formula is C15H15NO2. The number of furan rings is 1. The van der Waals surface area contributed by atoms with Crippen molar-refractivity contribution in [1.82, 2.24) is 4.90 Å². The van der Waals surface area contributed by atoms with Crippen LogP contribution in [0.1, 0.15) is 27.4 Å². The van der Waals surface area contributed by atoms with Crippen LogP contribution in [0.3, 0.4) is 0 Å². The highest BCUT2D eigenvalue weighted by molar-refractivity contribution is 5.96. The monoisotopic (exact) mass is 241 g/mol. The minimum Gasteiger partial charge on any atom is -0.464 e. The highest BCUT2D eigenvalue weighted by atomic mass is 16.3. The number of fused-ring (bicyclic) bond motifs is 1. The van der Waals surface area contributed by atoms with Crippen LogP contribution in [-0.4, -0.2) is 17.4 Å². The number of carbonyl (C=O) groups is 1. The first-order valence-electron chi connectivity index (χ1n) is 6.16. The number of nitrogens with zero attached hydrogens (tertiary/aromatic N) is 1. The van der Waals surface area contributed by atoms with E-state index >= 15 is 0 Å². The molecule has 2 aromatic rings. The maximum Gasteiger partial charge on any atom is 0.254 e. The molecule has 0 N–H and O–H groups in total. The summed E-state index contributed by atoms with van der Waals surface area (Å²) in [5, 5.41) is 0. The molecule has 2 heterocycles. The van der Waals surface area contributed by atoms with E-state index in [9.17, 15) is 4.79 Å². The normalized spacial score (nSPS) is 14.7. The SMILES string of the molecule is Cc1ccc(CN2CCc3ccccc3C2=O)o1. The molecule has 0 saturated heterocycles. The lowest BCUT2D eigenvalue weighted by molar-refractivity contribution is 0.0714. The molecule has 1 aliphatic heterocycles. The van der Waals surface area contributed by atoms with Gasteiger partial charge < -0.3 is 9.32 Å². The van der Waals surface area contributed by atoms with Gasteiger partial charge in [-0.25, -0.2) is 0 Å². The molecule has 1 aromatic carbocycles. The van der Waals surface area contributed by atoms with E-state index in [4.69, 9.17) is 4.42 Å². The Bertz CT molecular complexity index is 586. The molecular weight excluding hydrogens is 226 g/mol. The molecule has 3 heteroatoms. The Hall–Kier alpha value is -2.03. The fraction of sp³-hybridized carbons (Fsp3) is 0.267. The highest BCUT2D eigenvalue weighted by Gasteiger charge is 2.24. The second-order valence-electron chi connectivity index (χ2n) is 4.65. The van der Waals surface area contributed by atoms with Crippen molar-refractivity contribution in [3.05, 3.63) is 59.0 Å². The number of hydrogen-bond donors (Lipinski definition) is 0. The Balaban J connectivity index is 1.82. The van der Waals surface area contributed by atoms with Crippen LogP contribution in [0.25, 0.3) is 0 Å². The molecule has 1 amide bonds. The summed E-state index contributed by atoms with van der Waals surface area (Å²) in [7, 11) is 0. The van der Waals surface area contributed by atoms with Gasteiger partial charge in [-0.3, -0.25) is 4.79 Å². The highest BCUT2D eigenvalue weighted by Crippen LogP contribution is 2.20. The van der Waals surface area contributed by atoms with Gasteiger partial charge in [-0.2, -0.15) is 0 Å². The number of hydrogen-bond acceptors (Lipinski definition) is 2. The lowest BCUT2D eigenvalue weighted by Gasteiger charge is -2.27. The summed E-state index contributed by atoms with van der Waals surface area (Å²) < 4.78 is 5.53. The standard InChI is InChI=1S/C15H15NO2/c1-11-6-7-13(18-11)10-16-9-8-12-4-2-3-5-14(12)15(16)17/h2-7H,8-10H2,1H3. The van der Waals surface area contributed by atoms with Crippen LogP contribution in [0, 0.1) is 6.92 Å². The largest absolute Gasteiger partial charge is 0.464 e. The van der Waals surface area contributed by atoms with Gasteiger partial charge in [0.25, 0.3) is 5.91 Å². The van der Waals surface area contributed by atoms with Crippen LogP contribution >= 0.6 is 0 Å². The first-order valence-corrected chi connectivity index (χ1v) is 6.16. The zero-order valence-electron chi connectivity index (χ0n) is 10.3. The third kappa shape index (κ3) is 1.92. The third-order valence-electron chi connectivity index (χ3n) is 3.33. The van der Waals surface area contributed by atoms with Gasteiger partial charge in [0, 0.05) is 12.1 Å². The van der Waals surface area contributed by atoms with Gasteiger partial charge in [0.05, 0.1) is 6.54 Å². The van der Waals surface area contributed by atoms with Crippen LogP contribution < -0.4 is 0 Å². The average Bonchev–Trinajstić information content (AvgIpc) is 2.79. The van der Waals surface area contributed by atoms with Gasteiger partial charge in [-0.05, 0) is 37.1 Å². The molecule has 1 aromatic heterocycles. The van der Waals surface area contributed by atoms with Gasteiger partial charge >= 0.3 is 0 Å². The summed E-state index contributed by atoms with van der Waals surface area (Å²) in [6.45, 7) is 3.23. The molecule has 0 unspecified atom stereocenters. The number of benzene rings is 1. The number of rotatable bonds is 2. The van der Waals surface area contributed by atoms with E-state index < -0.39 is 0 Å². The maximum atomic E-state index is 12.3. The molecule has 0 aliphatic carbocycles. The third-order valence-corrected chi connectivity index (χ3v) is 3.33. The van der Waals surface area contributed by atoms with Gasteiger partial charge in [0.15, 0.2) is 0 Å². The van der Waals surface area contributed by atoms with Crippen molar-refractivity contribution in [1.29, 1.82) is 0 Å². The molecule has 0 radical (unpaired) electrons. The fourth-order valence-electron chi connectivity index (χ4n) is 2.38. The van der Waals surface area contributed by atoms with E-state index in [2.05, 4.69) is 0 Å². The Morgan fingerprint density at radius 1 is 1.22 bits per heavy atom. The second kappa shape index (κ2) is 4.33. The minimum atomic E-state index is 0.103. The zero-order valence-corrected chi connectivity index (χ0v) is 10.3. The summed E-state index contributed by atoms with van der Waals surface area (Å²) in [4.78, 5) is 14.2. The Morgan fingerprint density at radius 2 is 2.06 bits per heavy atom. The molecule has 0 fully saturated rings. The number of carbonyl (C=O) groups excluding carboxylic acids is 1. The van der Waals surface area contributed by atoms with Crippen molar-refractivity contribution in [3.8, 4) is 0 Å². The molecule has 0 bridgehead atoms. The van der Waals surface area contributed by atoms with Crippen LogP contribution in [0.15, 0.2) is 40.8 Å². The quantitative estimate of drug-likeness (QED) is 0.810. The maximum absolute atomic E-state index is 12.3. The lowest BCUT2D eigenvalue weighted by Crippen LogP contribution is -2.36. The second-order valence-corrected chi connectivity index (χ2v) is 4.65. The van der Waals surface area contributed by atoms with E-state index in [1.807, 2.05) is 48.2 Å². The van der Waals surface area contributed by atoms with Crippen molar-refractivity contribution in [2.45, 2.75) is 19.9 Å². The van der Waals surface area contributed by atoms with Crippen LogP contribution in [0.4, 0.5) is 0 Å². The first kappa shape index (κ1) is 11.1. The van der Waals surface area contributed by atoms with Crippen molar-refractivity contribution in [3.63, 3.8) is 0 Å². The molecule has 0 atom stereocenters. The van der Waals surface area contributed by atoms with Crippen LogP contribution in [0.5, 0.6) is 0 Å². The molecule has 0 spiro atoms. The van der Waals surface area contributed by atoms with Gasteiger partial charge in [0.1, 0.15) is 11.5 Å². The van der Waals surface area contributed by atoms with Crippen LogP contribution in [0.2, 0.25) is 0 Å². The fourth-order valence-corrected chi connectivity index (χ4v) is 2.38. The minimum absolute atomic E-state index is 0.103. The Kier molecular flexibility index (Phi) is 2.67. The molecule has 18 heavy (non-hydrogen) atoms. The summed E-state index contributed by atoms with van der Waals surface area (Å²) in [5.74, 6) is 1.83. The zero-order chi connectivity index (χ0) is 12.5. The average molecular weight is 241 g/mol. The summed E-state index contributed by atoms with van der Waals surface area (Å²) in [6, 6.07) is 11.7. The lowest BCUT2D eigenvalue weighted by atomic mass is 9.99. The van der Waals surface area contributed by atoms with Crippen molar-refractivity contribution < 1.29 is 9.21 Å². The number of amides is 1. The molecule has 3 nitrogen and oxygen atoms in total. The van der Waals surface area contributed by atoms with Gasteiger partial charge in [-0.15, -0.1) is 0 Å². The summed E-state index contributed by atoms with van der Waals surface area (Å²) >= 11 is 0. The Labute approximate surface area is 106 Å². The summed E-state index contributed by atoms with van der Waals surface area (Å²) in [6.07, 6.45) is 0.918. The van der Waals surface area contributed by atoms with Crippen LogP contribution in [-0.2, 0) is 13.0 Å². The molecule has 1 aliphatic rings. The molecule has 0 saturated carbocycles. The Morgan fingerprint density at radius 3 is 2.83 bits per heavy atom. The van der Waals surface area contributed by atoms with E-state index in [0.29, 0.717) is 6.54 Å². The topological polar surface area (TPSA) is 33.5 Å². The van der Waals surface area contributed by atoms with Gasteiger partial charge in [0.2, 0.25) is 0 Å². The smallest absolute Gasteiger partial charge is 0.254 e. The van der Waals surface area contributed by atoms with E-state index in [0.717, 1.165) is 35.6 Å². The van der Waals surface area contributed by atoms with Crippen molar-refractivity contribution >= 4 is 5.91 Å². The van der Waals surface area contributed by atoms with E-state index in [-0.39, 0.29) is 5.91 Å². The van der Waals surface area contributed by atoms with Gasteiger partial charge in [-0.1, -0.05) is 18.2 Å². The molecule has 92 valence electrons. The summed E-state index contributed by atoms with van der Waals surface area (Å²) in [5.41, 5.74) is 1.97. The predicted octanol–water partition coefficient (Wildman–Crippen LogP) is 2.79. The van der Waals surface area contributed by atoms with E-state index in [1.54, 1.807) is 0 Å². The first-order chi connectivity index (χ1) is 8.74. The van der Waals surface area contributed by atoms with Crippen molar-refractivity contribution in [2.75, 3.05) is 6.54 Å². The predicted molar refractivity (Wildman–Crippen MR) is 68.3 cm³/mol.